The van der Waals surface area contributed by atoms with Gasteiger partial charge in [-0.3, -0.25) is 0 Å². The molecule has 0 spiro atoms. The number of benzene rings is 2. The van der Waals surface area contributed by atoms with Gasteiger partial charge in [0.1, 0.15) is 0 Å². The molecule has 2 aromatic rings. The minimum absolute atomic E-state index is 0.155. The molecule has 19 heavy (non-hydrogen) atoms. The third-order valence-electron chi connectivity index (χ3n) is 2.52. The van der Waals surface area contributed by atoms with Crippen molar-refractivity contribution in [1.29, 1.82) is 0 Å². The minimum atomic E-state index is -0.155. The Labute approximate surface area is 136 Å². The fourth-order valence-corrected chi connectivity index (χ4v) is 10.3. The first-order valence-electron chi connectivity index (χ1n) is 6.54. The van der Waals surface area contributed by atoms with Crippen LogP contribution in [0.4, 0.5) is 0 Å². The van der Waals surface area contributed by atoms with Crippen molar-refractivity contribution in [1.82, 2.24) is 0 Å². The number of hydrogen-bond donors (Lipinski definition) is 0. The summed E-state index contributed by atoms with van der Waals surface area (Å²) in [6.45, 7) is 2.26. The van der Waals surface area contributed by atoms with Gasteiger partial charge >= 0.3 is 137 Å². The van der Waals surface area contributed by atoms with E-state index in [-0.39, 0.29) is 41.8 Å². The van der Waals surface area contributed by atoms with E-state index in [0.717, 1.165) is 0 Å². The van der Waals surface area contributed by atoms with Crippen molar-refractivity contribution in [3.8, 4) is 0 Å². The second-order valence-corrected chi connectivity index (χ2v) is 13.0. The molecule has 0 aliphatic heterocycles. The Morgan fingerprint density at radius 3 is 1.74 bits per heavy atom. The summed E-state index contributed by atoms with van der Waals surface area (Å²) in [5.74, 6) is 0. The molecule has 2 rings (SSSR count). The van der Waals surface area contributed by atoms with E-state index >= 15 is 0 Å². The molecule has 0 aromatic heterocycles. The van der Waals surface area contributed by atoms with Gasteiger partial charge in [0.25, 0.3) is 0 Å². The maximum absolute atomic E-state index is 2.53. The molecular formula is C17H18Te2. The van der Waals surface area contributed by atoms with Crippen LogP contribution in [-0.2, 0) is 0 Å². The summed E-state index contributed by atoms with van der Waals surface area (Å²) in [4.78, 5) is 0. The van der Waals surface area contributed by atoms with Gasteiger partial charge < -0.3 is 0 Å². The molecule has 0 bridgehead atoms. The molecule has 98 valence electrons. The molecule has 0 nitrogen and oxygen atoms in total. The normalized spacial score (nSPS) is 10.2. The summed E-state index contributed by atoms with van der Waals surface area (Å²) in [7, 11) is 0. The topological polar surface area (TPSA) is 0 Å². The molecule has 0 saturated heterocycles. The van der Waals surface area contributed by atoms with E-state index in [9.17, 15) is 0 Å². The SMILES string of the molecule is CCCC=C([Te]c1ccccc1)[Te]c1ccccc1. The van der Waals surface area contributed by atoms with Crippen molar-refractivity contribution in [2.75, 3.05) is 0 Å². The Morgan fingerprint density at radius 1 is 0.842 bits per heavy atom. The maximum atomic E-state index is 2.53. The van der Waals surface area contributed by atoms with Gasteiger partial charge in [0.15, 0.2) is 0 Å². The van der Waals surface area contributed by atoms with Gasteiger partial charge in [0.2, 0.25) is 0 Å². The molecule has 0 N–H and O–H groups in total. The summed E-state index contributed by atoms with van der Waals surface area (Å²) >= 11 is -0.311. The van der Waals surface area contributed by atoms with E-state index in [0.29, 0.717) is 0 Å². The summed E-state index contributed by atoms with van der Waals surface area (Å²) in [5, 5.41) is 0. The van der Waals surface area contributed by atoms with E-state index < -0.39 is 0 Å². The van der Waals surface area contributed by atoms with Crippen LogP contribution in [-0.4, -0.2) is 41.8 Å². The van der Waals surface area contributed by atoms with Crippen LogP contribution in [0.3, 0.4) is 0 Å². The van der Waals surface area contributed by atoms with Gasteiger partial charge in [-0.1, -0.05) is 0 Å². The van der Waals surface area contributed by atoms with Crippen LogP contribution in [0.15, 0.2) is 68.4 Å². The number of unbranched alkanes of at least 4 members (excludes halogenated alkanes) is 1. The van der Waals surface area contributed by atoms with Crippen LogP contribution in [0.2, 0.25) is 0 Å². The first-order chi connectivity index (χ1) is 9.38. The first kappa shape index (κ1) is 15.2. The van der Waals surface area contributed by atoms with Crippen molar-refractivity contribution in [2.45, 2.75) is 19.8 Å². The van der Waals surface area contributed by atoms with Crippen LogP contribution >= 0.6 is 0 Å². The number of allylic oxidation sites excluding steroid dienone is 1. The zero-order valence-corrected chi connectivity index (χ0v) is 15.7. The van der Waals surface area contributed by atoms with Crippen molar-refractivity contribution < 1.29 is 0 Å². The van der Waals surface area contributed by atoms with Crippen LogP contribution in [0.1, 0.15) is 19.8 Å². The van der Waals surface area contributed by atoms with Crippen molar-refractivity contribution in [2.24, 2.45) is 0 Å². The van der Waals surface area contributed by atoms with Gasteiger partial charge in [-0.2, -0.15) is 0 Å². The number of hydrogen-bond acceptors (Lipinski definition) is 0. The predicted molar refractivity (Wildman–Crippen MR) is 86.7 cm³/mol. The molecule has 0 aliphatic rings. The number of rotatable bonds is 6. The van der Waals surface area contributed by atoms with Crippen LogP contribution in [0, 0.1) is 0 Å². The molecule has 0 fully saturated rings. The molecule has 0 aliphatic carbocycles. The standard InChI is InChI=1S/C17H18Te2/c1-2-3-14-17(18-15-10-6-4-7-11-15)19-16-12-8-5-9-13-16/h4-14H,2-3H2,1H3. The second kappa shape index (κ2) is 8.84. The predicted octanol–water partition coefficient (Wildman–Crippen LogP) is 2.69. The molecular weight excluding hydrogens is 459 g/mol. The fourth-order valence-electron chi connectivity index (χ4n) is 1.58. The Balaban J connectivity index is 2.08. The summed E-state index contributed by atoms with van der Waals surface area (Å²) < 4.78 is 4.92. The third kappa shape index (κ3) is 5.72. The molecule has 0 atom stereocenters. The zero-order chi connectivity index (χ0) is 13.3. The van der Waals surface area contributed by atoms with E-state index in [1.165, 1.54) is 12.8 Å². The monoisotopic (exact) mass is 482 g/mol. The van der Waals surface area contributed by atoms with Gasteiger partial charge in [-0.25, -0.2) is 0 Å². The quantitative estimate of drug-likeness (QED) is 0.562. The Hall–Kier alpha value is -0.241. The molecule has 0 amide bonds. The van der Waals surface area contributed by atoms with E-state index in [4.69, 9.17) is 0 Å². The van der Waals surface area contributed by atoms with Gasteiger partial charge in [0, 0.05) is 0 Å². The van der Waals surface area contributed by atoms with E-state index in [2.05, 4.69) is 73.7 Å². The van der Waals surface area contributed by atoms with Crippen LogP contribution < -0.4 is 7.22 Å². The summed E-state index contributed by atoms with van der Waals surface area (Å²) in [6.07, 6.45) is 5.03. The third-order valence-corrected chi connectivity index (χ3v) is 10.7. The average Bonchev–Trinajstić information content (AvgIpc) is 2.47. The first-order valence-corrected chi connectivity index (χ1v) is 11.2. The summed E-state index contributed by atoms with van der Waals surface area (Å²) in [6, 6.07) is 22.1. The van der Waals surface area contributed by atoms with Crippen molar-refractivity contribution in [3.63, 3.8) is 0 Å². The summed E-state index contributed by atoms with van der Waals surface area (Å²) in [5.41, 5.74) is 0. The van der Waals surface area contributed by atoms with Crippen molar-refractivity contribution >= 4 is 49.1 Å². The van der Waals surface area contributed by atoms with Crippen LogP contribution in [0.5, 0.6) is 0 Å². The van der Waals surface area contributed by atoms with Crippen molar-refractivity contribution in [3.05, 3.63) is 68.4 Å². The second-order valence-electron chi connectivity index (χ2n) is 4.14. The Bertz CT molecular complexity index is 460. The van der Waals surface area contributed by atoms with Crippen LogP contribution in [0.25, 0.3) is 0 Å². The zero-order valence-electron chi connectivity index (χ0n) is 11.1. The Morgan fingerprint density at radius 2 is 1.32 bits per heavy atom. The molecule has 0 unspecified atom stereocenters. The average molecular weight is 478 g/mol. The van der Waals surface area contributed by atoms with E-state index in [1.807, 2.05) is 0 Å². The Kier molecular flexibility index (Phi) is 7.05. The van der Waals surface area contributed by atoms with Gasteiger partial charge in [0.05, 0.1) is 0 Å². The molecule has 0 heterocycles. The molecule has 2 heteroatoms. The molecule has 0 saturated carbocycles. The van der Waals surface area contributed by atoms with Gasteiger partial charge in [-0.15, -0.1) is 0 Å². The fraction of sp³-hybridized carbons (Fsp3) is 0.176. The van der Waals surface area contributed by atoms with E-state index in [1.54, 1.807) is 8.89 Å². The molecule has 2 aromatic carbocycles. The molecule has 0 radical (unpaired) electrons. The van der Waals surface area contributed by atoms with Gasteiger partial charge in [-0.05, 0) is 0 Å².